The van der Waals surface area contributed by atoms with Crippen LogP contribution in [-0.2, 0) is 0 Å². The second kappa shape index (κ2) is 4.94. The lowest BCUT2D eigenvalue weighted by molar-refractivity contribution is 0.288. The first-order chi connectivity index (χ1) is 6.91. The molecule has 15 heavy (non-hydrogen) atoms. The number of thiocarbonyl (C=S) groups is 1. The Hall–Kier alpha value is -0.610. The van der Waals surface area contributed by atoms with E-state index in [-0.39, 0.29) is 6.10 Å². The van der Waals surface area contributed by atoms with Crippen LogP contribution in [0.1, 0.15) is 18.1 Å². The van der Waals surface area contributed by atoms with Crippen LogP contribution in [0.5, 0.6) is 5.75 Å². The van der Waals surface area contributed by atoms with E-state index in [1.54, 1.807) is 0 Å². The molecule has 1 aromatic rings. The second-order valence-electron chi connectivity index (χ2n) is 3.53. The molecule has 0 radical (unpaired) electrons. The molecule has 1 unspecified atom stereocenters. The molecule has 0 amide bonds. The van der Waals surface area contributed by atoms with Crippen LogP contribution in [-0.4, -0.2) is 11.1 Å². The predicted octanol–water partition coefficient (Wildman–Crippen LogP) is 3.12. The van der Waals surface area contributed by atoms with Crippen LogP contribution in [0.3, 0.4) is 0 Å². The van der Waals surface area contributed by atoms with Gasteiger partial charge in [-0.05, 0) is 44.0 Å². The molecule has 0 aliphatic heterocycles. The molecule has 0 saturated carbocycles. The molecule has 0 aliphatic rings. The SMILES string of the molecule is Cc1cc(OC(C)C(N)=S)cc(C)c1Br. The van der Waals surface area contributed by atoms with Crippen molar-refractivity contribution in [3.8, 4) is 5.75 Å². The van der Waals surface area contributed by atoms with Gasteiger partial charge in [0.05, 0.1) is 0 Å². The van der Waals surface area contributed by atoms with Crippen molar-refractivity contribution in [2.45, 2.75) is 26.9 Å². The lowest BCUT2D eigenvalue weighted by Gasteiger charge is -2.15. The molecule has 0 spiro atoms. The summed E-state index contributed by atoms with van der Waals surface area (Å²) in [6.07, 6.45) is -0.236. The highest BCUT2D eigenvalue weighted by molar-refractivity contribution is 9.10. The van der Waals surface area contributed by atoms with Crippen molar-refractivity contribution >= 4 is 33.1 Å². The minimum atomic E-state index is -0.236. The summed E-state index contributed by atoms with van der Waals surface area (Å²) in [4.78, 5) is 0.369. The third-order valence-corrected chi connectivity index (χ3v) is 3.71. The number of aryl methyl sites for hydroxylation is 2. The molecule has 0 saturated heterocycles. The lowest BCUT2D eigenvalue weighted by Crippen LogP contribution is -2.28. The summed E-state index contributed by atoms with van der Waals surface area (Å²) in [6.45, 7) is 5.89. The molecular weight excluding hydrogens is 274 g/mol. The van der Waals surface area contributed by atoms with Gasteiger partial charge < -0.3 is 10.5 Å². The van der Waals surface area contributed by atoms with E-state index in [4.69, 9.17) is 22.7 Å². The van der Waals surface area contributed by atoms with Gasteiger partial charge in [-0.15, -0.1) is 0 Å². The van der Waals surface area contributed by atoms with Gasteiger partial charge in [-0.2, -0.15) is 0 Å². The number of ether oxygens (including phenoxy) is 1. The Balaban J connectivity index is 2.92. The molecule has 1 aromatic carbocycles. The summed E-state index contributed by atoms with van der Waals surface area (Å²) >= 11 is 8.35. The van der Waals surface area contributed by atoms with Crippen molar-refractivity contribution in [1.82, 2.24) is 0 Å². The third-order valence-electron chi connectivity index (χ3n) is 2.12. The van der Waals surface area contributed by atoms with Gasteiger partial charge in [0.1, 0.15) is 16.8 Å². The van der Waals surface area contributed by atoms with Gasteiger partial charge in [0.25, 0.3) is 0 Å². The van der Waals surface area contributed by atoms with Gasteiger partial charge in [-0.1, -0.05) is 28.1 Å². The first-order valence-electron chi connectivity index (χ1n) is 4.64. The van der Waals surface area contributed by atoms with Crippen molar-refractivity contribution in [2.75, 3.05) is 0 Å². The first kappa shape index (κ1) is 12.5. The Labute approximate surface area is 104 Å². The Morgan fingerprint density at radius 1 is 1.40 bits per heavy atom. The van der Waals surface area contributed by atoms with Crippen LogP contribution in [0.4, 0.5) is 0 Å². The normalized spacial score (nSPS) is 12.3. The van der Waals surface area contributed by atoms with E-state index >= 15 is 0 Å². The van der Waals surface area contributed by atoms with Crippen molar-refractivity contribution in [1.29, 1.82) is 0 Å². The van der Waals surface area contributed by atoms with Crippen LogP contribution in [0.2, 0.25) is 0 Å². The van der Waals surface area contributed by atoms with E-state index in [2.05, 4.69) is 15.9 Å². The van der Waals surface area contributed by atoms with E-state index in [1.165, 1.54) is 0 Å². The van der Waals surface area contributed by atoms with Crippen molar-refractivity contribution in [2.24, 2.45) is 5.73 Å². The number of hydrogen-bond donors (Lipinski definition) is 1. The van der Waals surface area contributed by atoms with Gasteiger partial charge in [-0.25, -0.2) is 0 Å². The largest absolute Gasteiger partial charge is 0.484 e. The zero-order valence-electron chi connectivity index (χ0n) is 9.00. The smallest absolute Gasteiger partial charge is 0.145 e. The minimum absolute atomic E-state index is 0.236. The van der Waals surface area contributed by atoms with Crippen molar-refractivity contribution in [3.63, 3.8) is 0 Å². The quantitative estimate of drug-likeness (QED) is 0.868. The molecule has 0 bridgehead atoms. The number of hydrogen-bond acceptors (Lipinski definition) is 2. The van der Waals surface area contributed by atoms with Crippen molar-refractivity contribution < 1.29 is 4.74 Å². The number of benzene rings is 1. The Kier molecular flexibility index (Phi) is 4.11. The molecule has 0 aliphatic carbocycles. The predicted molar refractivity (Wildman–Crippen MR) is 70.5 cm³/mol. The monoisotopic (exact) mass is 287 g/mol. The van der Waals surface area contributed by atoms with Gasteiger partial charge in [-0.3, -0.25) is 0 Å². The van der Waals surface area contributed by atoms with Gasteiger partial charge in [0.2, 0.25) is 0 Å². The molecule has 1 atom stereocenters. The van der Waals surface area contributed by atoms with E-state index in [0.29, 0.717) is 4.99 Å². The van der Waals surface area contributed by atoms with Crippen molar-refractivity contribution in [3.05, 3.63) is 27.7 Å². The minimum Gasteiger partial charge on any atom is -0.484 e. The Bertz CT molecular complexity index is 369. The fraction of sp³-hybridized carbons (Fsp3) is 0.364. The molecule has 1 rings (SSSR count). The number of halogens is 1. The average Bonchev–Trinajstić information content (AvgIpc) is 2.13. The maximum atomic E-state index is 5.61. The zero-order valence-corrected chi connectivity index (χ0v) is 11.4. The van der Waals surface area contributed by atoms with Crippen LogP contribution in [0, 0.1) is 13.8 Å². The summed E-state index contributed by atoms with van der Waals surface area (Å²) in [5.41, 5.74) is 7.77. The van der Waals surface area contributed by atoms with Crippen LogP contribution in [0.25, 0.3) is 0 Å². The van der Waals surface area contributed by atoms with E-state index in [0.717, 1.165) is 21.3 Å². The molecule has 0 heterocycles. The summed E-state index contributed by atoms with van der Waals surface area (Å²) in [5.74, 6) is 0.800. The standard InChI is InChI=1S/C11H14BrNOS/c1-6-4-9(5-7(2)10(6)12)14-8(3)11(13)15/h4-5,8H,1-3H3,(H2,13,15). The fourth-order valence-corrected chi connectivity index (χ4v) is 1.51. The Morgan fingerprint density at radius 3 is 2.27 bits per heavy atom. The average molecular weight is 288 g/mol. The number of nitrogens with two attached hydrogens (primary N) is 1. The highest BCUT2D eigenvalue weighted by Gasteiger charge is 2.09. The van der Waals surface area contributed by atoms with E-state index in [1.807, 2.05) is 32.9 Å². The lowest BCUT2D eigenvalue weighted by atomic mass is 10.1. The van der Waals surface area contributed by atoms with Crippen LogP contribution in [0.15, 0.2) is 16.6 Å². The van der Waals surface area contributed by atoms with Gasteiger partial charge >= 0.3 is 0 Å². The second-order valence-corrected chi connectivity index (χ2v) is 4.80. The highest BCUT2D eigenvalue weighted by atomic mass is 79.9. The number of rotatable bonds is 3. The Morgan fingerprint density at radius 2 is 1.87 bits per heavy atom. The summed E-state index contributed by atoms with van der Waals surface area (Å²) in [6, 6.07) is 3.93. The first-order valence-corrected chi connectivity index (χ1v) is 5.84. The third kappa shape index (κ3) is 3.18. The summed E-state index contributed by atoms with van der Waals surface area (Å²) < 4.78 is 6.71. The maximum Gasteiger partial charge on any atom is 0.145 e. The fourth-order valence-electron chi connectivity index (χ4n) is 1.24. The molecule has 0 aromatic heterocycles. The van der Waals surface area contributed by atoms with Crippen LogP contribution < -0.4 is 10.5 Å². The van der Waals surface area contributed by atoms with Gasteiger partial charge in [0.15, 0.2) is 0 Å². The maximum absolute atomic E-state index is 5.61. The summed E-state index contributed by atoms with van der Waals surface area (Å²) in [5, 5.41) is 0. The molecule has 4 heteroatoms. The molecule has 2 N–H and O–H groups in total. The summed E-state index contributed by atoms with van der Waals surface area (Å²) in [7, 11) is 0. The molecule has 82 valence electrons. The topological polar surface area (TPSA) is 35.2 Å². The van der Waals surface area contributed by atoms with E-state index in [9.17, 15) is 0 Å². The van der Waals surface area contributed by atoms with Gasteiger partial charge in [0, 0.05) is 4.47 Å². The molecule has 2 nitrogen and oxygen atoms in total. The van der Waals surface area contributed by atoms with E-state index < -0.39 is 0 Å². The van der Waals surface area contributed by atoms with Crippen LogP contribution >= 0.6 is 28.1 Å². The molecule has 0 fully saturated rings. The molecular formula is C11H14BrNOS. The highest BCUT2D eigenvalue weighted by Crippen LogP contribution is 2.26. The zero-order chi connectivity index (χ0) is 11.6.